The molecule has 29 heavy (non-hydrogen) atoms. The summed E-state index contributed by atoms with van der Waals surface area (Å²) in [4.78, 5) is 13.9. The lowest BCUT2D eigenvalue weighted by molar-refractivity contribution is 0.0600. The second-order valence-electron chi connectivity index (χ2n) is 7.78. The van der Waals surface area contributed by atoms with Crippen LogP contribution in [0, 0.1) is 6.92 Å². The van der Waals surface area contributed by atoms with Crippen LogP contribution in [0.5, 0.6) is 0 Å². The van der Waals surface area contributed by atoms with Crippen LogP contribution in [0.1, 0.15) is 33.6 Å². The zero-order valence-corrected chi connectivity index (χ0v) is 17.0. The number of esters is 1. The monoisotopic (exact) mass is 394 g/mol. The Morgan fingerprint density at radius 3 is 2.59 bits per heavy atom. The minimum Gasteiger partial charge on any atom is -0.465 e. The molecule has 3 aromatic rings. The lowest BCUT2D eigenvalue weighted by atomic mass is 10.0. The Labute approximate surface area is 170 Å². The van der Waals surface area contributed by atoms with E-state index in [4.69, 9.17) is 4.74 Å². The van der Waals surface area contributed by atoms with Gasteiger partial charge in [-0.15, -0.1) is 0 Å². The first kappa shape index (κ1) is 19.6. The molecule has 1 saturated heterocycles. The van der Waals surface area contributed by atoms with E-state index in [9.17, 15) is 9.18 Å². The number of rotatable bonds is 6. The average molecular weight is 394 g/mol. The largest absolute Gasteiger partial charge is 0.465 e. The molecule has 1 aliphatic heterocycles. The van der Waals surface area contributed by atoms with Gasteiger partial charge in [0.2, 0.25) is 0 Å². The van der Waals surface area contributed by atoms with Gasteiger partial charge in [0.15, 0.2) is 0 Å². The van der Waals surface area contributed by atoms with E-state index in [1.807, 2.05) is 24.3 Å². The van der Waals surface area contributed by atoms with Gasteiger partial charge in [-0.25, -0.2) is 9.18 Å². The maximum Gasteiger partial charge on any atom is 0.337 e. The van der Waals surface area contributed by atoms with Crippen LogP contribution < -0.4 is 0 Å². The molecule has 0 radical (unpaired) electrons. The van der Waals surface area contributed by atoms with E-state index < -0.39 is 6.17 Å². The summed E-state index contributed by atoms with van der Waals surface area (Å²) in [5.41, 5.74) is 5.49. The highest BCUT2D eigenvalue weighted by atomic mass is 19.1. The Morgan fingerprint density at radius 1 is 1.14 bits per heavy atom. The third kappa shape index (κ3) is 4.06. The zero-order valence-electron chi connectivity index (χ0n) is 17.0. The fourth-order valence-corrected chi connectivity index (χ4v) is 4.32. The van der Waals surface area contributed by atoms with Crippen molar-refractivity contribution in [2.75, 3.05) is 26.7 Å². The number of fused-ring (bicyclic) bond motifs is 1. The number of halogens is 1. The van der Waals surface area contributed by atoms with Crippen molar-refractivity contribution in [3.8, 4) is 0 Å². The van der Waals surface area contributed by atoms with Crippen LogP contribution in [0.3, 0.4) is 0 Å². The first-order chi connectivity index (χ1) is 14.1. The van der Waals surface area contributed by atoms with Crippen LogP contribution in [-0.4, -0.2) is 48.4 Å². The predicted molar refractivity (Wildman–Crippen MR) is 113 cm³/mol. The van der Waals surface area contributed by atoms with E-state index in [0.717, 1.165) is 31.6 Å². The molecular formula is C24H27FN2O2. The molecule has 152 valence electrons. The van der Waals surface area contributed by atoms with Gasteiger partial charge in [-0.3, -0.25) is 4.90 Å². The van der Waals surface area contributed by atoms with E-state index in [0.29, 0.717) is 18.5 Å². The standard InChI is InChI=1S/C24H27FN2O2/c1-17-22(15-18-7-9-19(10-8-18)24(28)29-2)21-5-3-4-6-23(21)27(17)14-13-26-12-11-20(25)16-26/h3-10,20H,11-16H2,1-2H3/t20-/m0/s1. The summed E-state index contributed by atoms with van der Waals surface area (Å²) in [5.74, 6) is -0.318. The Bertz CT molecular complexity index is 1010. The summed E-state index contributed by atoms with van der Waals surface area (Å²) in [6, 6.07) is 16.1. The number of methoxy groups -OCH3 is 1. The summed E-state index contributed by atoms with van der Waals surface area (Å²) in [5, 5.41) is 1.26. The molecular weight excluding hydrogens is 367 g/mol. The predicted octanol–water partition coefficient (Wildman–Crippen LogP) is 4.37. The number of carbonyl (C=O) groups excluding carboxylic acids is 1. The van der Waals surface area contributed by atoms with Crippen molar-refractivity contribution in [2.24, 2.45) is 0 Å². The van der Waals surface area contributed by atoms with Gasteiger partial charge in [0.25, 0.3) is 0 Å². The maximum atomic E-state index is 13.5. The van der Waals surface area contributed by atoms with Gasteiger partial charge in [-0.05, 0) is 49.1 Å². The molecule has 1 aliphatic rings. The van der Waals surface area contributed by atoms with Gasteiger partial charge < -0.3 is 9.30 Å². The maximum absolute atomic E-state index is 13.5. The fourth-order valence-electron chi connectivity index (χ4n) is 4.32. The Balaban J connectivity index is 1.59. The zero-order chi connectivity index (χ0) is 20.4. The van der Waals surface area contributed by atoms with Crippen LogP contribution in [0.4, 0.5) is 4.39 Å². The molecule has 0 amide bonds. The number of likely N-dealkylation sites (tertiary alicyclic amines) is 1. The molecule has 0 unspecified atom stereocenters. The van der Waals surface area contributed by atoms with E-state index in [1.54, 1.807) is 0 Å². The molecule has 0 aliphatic carbocycles. The number of carbonyl (C=O) groups is 1. The van der Waals surface area contributed by atoms with Crippen LogP contribution in [0.2, 0.25) is 0 Å². The van der Waals surface area contributed by atoms with Crippen molar-refractivity contribution in [2.45, 2.75) is 32.5 Å². The highest BCUT2D eigenvalue weighted by Crippen LogP contribution is 2.28. The molecule has 1 aromatic heterocycles. The number of ether oxygens (including phenoxy) is 1. The van der Waals surface area contributed by atoms with E-state index in [2.05, 4.69) is 40.7 Å². The molecule has 2 aromatic carbocycles. The third-order valence-electron chi connectivity index (χ3n) is 5.97. The number of aromatic nitrogens is 1. The first-order valence-corrected chi connectivity index (χ1v) is 10.2. The molecule has 5 heteroatoms. The number of benzene rings is 2. The molecule has 2 heterocycles. The number of para-hydroxylation sites is 1. The first-order valence-electron chi connectivity index (χ1n) is 10.2. The number of alkyl halides is 1. The molecule has 0 saturated carbocycles. The summed E-state index contributed by atoms with van der Waals surface area (Å²) < 4.78 is 20.6. The number of nitrogens with zero attached hydrogens (tertiary/aromatic N) is 2. The Morgan fingerprint density at radius 2 is 1.90 bits per heavy atom. The van der Waals surface area contributed by atoms with Gasteiger partial charge in [0.05, 0.1) is 12.7 Å². The summed E-state index contributed by atoms with van der Waals surface area (Å²) in [6.07, 6.45) is 0.774. The Hall–Kier alpha value is -2.66. The van der Waals surface area contributed by atoms with Gasteiger partial charge >= 0.3 is 5.97 Å². The van der Waals surface area contributed by atoms with E-state index in [1.165, 1.54) is 29.3 Å². The molecule has 1 fully saturated rings. The van der Waals surface area contributed by atoms with Crippen LogP contribution in [-0.2, 0) is 17.7 Å². The van der Waals surface area contributed by atoms with Crippen LogP contribution >= 0.6 is 0 Å². The second kappa shape index (κ2) is 8.37. The van der Waals surface area contributed by atoms with Crippen molar-refractivity contribution in [3.05, 3.63) is 70.9 Å². The quantitative estimate of drug-likeness (QED) is 0.582. The fraction of sp³-hybridized carbons (Fsp3) is 0.375. The van der Waals surface area contributed by atoms with Gasteiger partial charge in [0.1, 0.15) is 6.17 Å². The van der Waals surface area contributed by atoms with Crippen molar-refractivity contribution >= 4 is 16.9 Å². The highest BCUT2D eigenvalue weighted by molar-refractivity contribution is 5.89. The SMILES string of the molecule is COC(=O)c1ccc(Cc2c(C)n(CCN3CC[C@H](F)C3)c3ccccc23)cc1. The highest BCUT2D eigenvalue weighted by Gasteiger charge is 2.22. The van der Waals surface area contributed by atoms with Crippen molar-refractivity contribution in [1.82, 2.24) is 9.47 Å². The molecule has 0 bridgehead atoms. The van der Waals surface area contributed by atoms with Gasteiger partial charge in [0, 0.05) is 42.8 Å². The normalized spacial score (nSPS) is 17.1. The molecule has 1 atom stereocenters. The minimum absolute atomic E-state index is 0.318. The summed E-state index contributed by atoms with van der Waals surface area (Å²) in [6.45, 7) is 5.30. The minimum atomic E-state index is -0.680. The third-order valence-corrected chi connectivity index (χ3v) is 5.97. The van der Waals surface area contributed by atoms with E-state index in [-0.39, 0.29) is 5.97 Å². The van der Waals surface area contributed by atoms with Gasteiger partial charge in [-0.1, -0.05) is 30.3 Å². The molecule has 4 rings (SSSR count). The number of hydrogen-bond donors (Lipinski definition) is 0. The van der Waals surface area contributed by atoms with E-state index >= 15 is 0 Å². The Kier molecular flexibility index (Phi) is 5.67. The lowest BCUT2D eigenvalue weighted by Gasteiger charge is -2.17. The number of hydrogen-bond acceptors (Lipinski definition) is 3. The van der Waals surface area contributed by atoms with Crippen LogP contribution in [0.15, 0.2) is 48.5 Å². The molecule has 0 spiro atoms. The molecule has 4 nitrogen and oxygen atoms in total. The topological polar surface area (TPSA) is 34.5 Å². The summed E-state index contributed by atoms with van der Waals surface area (Å²) >= 11 is 0. The summed E-state index contributed by atoms with van der Waals surface area (Å²) in [7, 11) is 1.39. The smallest absolute Gasteiger partial charge is 0.337 e. The van der Waals surface area contributed by atoms with Crippen molar-refractivity contribution in [1.29, 1.82) is 0 Å². The van der Waals surface area contributed by atoms with Gasteiger partial charge in [-0.2, -0.15) is 0 Å². The second-order valence-corrected chi connectivity index (χ2v) is 7.78. The van der Waals surface area contributed by atoms with Crippen LogP contribution in [0.25, 0.3) is 10.9 Å². The average Bonchev–Trinajstić information content (AvgIpc) is 3.27. The lowest BCUT2D eigenvalue weighted by Crippen LogP contribution is -2.25. The van der Waals surface area contributed by atoms with Crippen molar-refractivity contribution < 1.29 is 13.9 Å². The van der Waals surface area contributed by atoms with Crippen molar-refractivity contribution in [3.63, 3.8) is 0 Å². The molecule has 0 N–H and O–H groups in total.